The molecular formula is C17H21N5O2. The molecule has 0 aliphatic heterocycles. The highest BCUT2D eigenvalue weighted by atomic mass is 16.3. The molecule has 4 N–H and O–H groups in total. The van der Waals surface area contributed by atoms with Gasteiger partial charge < -0.3 is 15.4 Å². The fraction of sp³-hybridized carbons (Fsp3) is 0.294. The maximum absolute atomic E-state index is 12.2. The number of aryl methyl sites for hydroxylation is 2. The summed E-state index contributed by atoms with van der Waals surface area (Å²) in [5, 5.41) is 20.4. The molecule has 3 rings (SSSR count). The van der Waals surface area contributed by atoms with Gasteiger partial charge >= 0.3 is 6.03 Å². The van der Waals surface area contributed by atoms with Crippen LogP contribution in [0.15, 0.2) is 36.5 Å². The Kier molecular flexibility index (Phi) is 4.52. The predicted octanol–water partition coefficient (Wildman–Crippen LogP) is 1.93. The number of aliphatic hydroxyl groups is 1. The molecule has 7 heteroatoms. The van der Waals surface area contributed by atoms with E-state index in [0.717, 1.165) is 22.2 Å². The minimum atomic E-state index is -0.376. The minimum Gasteiger partial charge on any atom is -0.394 e. The lowest BCUT2D eigenvalue weighted by atomic mass is 10.1. The highest BCUT2D eigenvalue weighted by Gasteiger charge is 2.15. The predicted molar refractivity (Wildman–Crippen MR) is 93.0 cm³/mol. The van der Waals surface area contributed by atoms with Crippen molar-refractivity contribution in [1.29, 1.82) is 0 Å². The molecule has 0 radical (unpaired) electrons. The van der Waals surface area contributed by atoms with Gasteiger partial charge in [0.15, 0.2) is 0 Å². The zero-order chi connectivity index (χ0) is 17.1. The van der Waals surface area contributed by atoms with Crippen LogP contribution < -0.4 is 10.6 Å². The van der Waals surface area contributed by atoms with Gasteiger partial charge in [-0.05, 0) is 25.0 Å². The van der Waals surface area contributed by atoms with E-state index in [0.29, 0.717) is 12.2 Å². The molecule has 0 fully saturated rings. The number of nitrogens with one attached hydrogen (secondary N) is 3. The molecular weight excluding hydrogens is 306 g/mol. The normalized spacial score (nSPS) is 12.3. The molecule has 1 aromatic carbocycles. The lowest BCUT2D eigenvalue weighted by Gasteiger charge is -2.16. The van der Waals surface area contributed by atoms with Gasteiger partial charge in [-0.3, -0.25) is 10.00 Å². The summed E-state index contributed by atoms with van der Waals surface area (Å²) in [7, 11) is 1.76. The summed E-state index contributed by atoms with van der Waals surface area (Å²) >= 11 is 0. The number of fused-ring (bicyclic) bond motifs is 1. The van der Waals surface area contributed by atoms with E-state index in [2.05, 4.69) is 20.7 Å². The second-order valence-corrected chi connectivity index (χ2v) is 5.84. The molecule has 0 saturated carbocycles. The number of amides is 2. The van der Waals surface area contributed by atoms with Crippen molar-refractivity contribution in [2.75, 3.05) is 11.9 Å². The summed E-state index contributed by atoms with van der Waals surface area (Å²) in [5.74, 6) is 0.605. The van der Waals surface area contributed by atoms with Crippen molar-refractivity contribution in [3.63, 3.8) is 0 Å². The Labute approximate surface area is 139 Å². The number of urea groups is 1. The lowest BCUT2D eigenvalue weighted by Crippen LogP contribution is -2.41. The third-order valence-corrected chi connectivity index (χ3v) is 3.94. The molecule has 2 aromatic heterocycles. The number of aromatic amines is 1. The molecule has 0 aliphatic rings. The quantitative estimate of drug-likeness (QED) is 0.577. The Morgan fingerprint density at radius 2 is 2.21 bits per heavy atom. The van der Waals surface area contributed by atoms with E-state index in [4.69, 9.17) is 0 Å². The Morgan fingerprint density at radius 3 is 2.92 bits per heavy atom. The van der Waals surface area contributed by atoms with Gasteiger partial charge in [-0.1, -0.05) is 18.2 Å². The van der Waals surface area contributed by atoms with E-state index in [1.165, 1.54) is 0 Å². The summed E-state index contributed by atoms with van der Waals surface area (Å²) in [4.78, 5) is 15.4. The zero-order valence-corrected chi connectivity index (χ0v) is 13.7. The second-order valence-electron chi connectivity index (χ2n) is 5.84. The maximum Gasteiger partial charge on any atom is 0.320 e. The van der Waals surface area contributed by atoms with Gasteiger partial charge in [0.25, 0.3) is 0 Å². The van der Waals surface area contributed by atoms with Crippen LogP contribution in [0.5, 0.6) is 0 Å². The van der Waals surface area contributed by atoms with Gasteiger partial charge in [0, 0.05) is 30.2 Å². The zero-order valence-electron chi connectivity index (χ0n) is 13.7. The Morgan fingerprint density at radius 1 is 1.42 bits per heavy atom. The largest absolute Gasteiger partial charge is 0.394 e. The molecule has 0 spiro atoms. The average molecular weight is 327 g/mol. The number of H-pyrrole nitrogens is 1. The summed E-state index contributed by atoms with van der Waals surface area (Å²) < 4.78 is 1.60. The van der Waals surface area contributed by atoms with E-state index in [1.807, 2.05) is 37.4 Å². The standard InChI is InChI=1S/C17H21N5O2/c1-11-7-16(22(2)21-11)20-17(24)19-13(10-23)8-12-9-18-15-6-4-3-5-14(12)15/h3-7,9,13,18,23H,8,10H2,1-2H3,(H2,19,20,24). The Bertz CT molecular complexity index is 852. The van der Waals surface area contributed by atoms with Crippen LogP contribution >= 0.6 is 0 Å². The number of carbonyl (C=O) groups excluding carboxylic acids is 1. The van der Waals surface area contributed by atoms with Crippen LogP contribution in [0, 0.1) is 6.92 Å². The molecule has 126 valence electrons. The molecule has 0 bridgehead atoms. The van der Waals surface area contributed by atoms with Gasteiger partial charge in [0.1, 0.15) is 5.82 Å². The van der Waals surface area contributed by atoms with Crippen LogP contribution in [0.2, 0.25) is 0 Å². The number of anilines is 1. The van der Waals surface area contributed by atoms with Crippen LogP contribution in [-0.4, -0.2) is 38.6 Å². The van der Waals surface area contributed by atoms with E-state index in [9.17, 15) is 9.90 Å². The number of carbonyl (C=O) groups is 1. The van der Waals surface area contributed by atoms with Gasteiger partial charge in [-0.2, -0.15) is 5.10 Å². The number of aromatic nitrogens is 3. The average Bonchev–Trinajstić information content (AvgIpc) is 3.10. The highest BCUT2D eigenvalue weighted by molar-refractivity contribution is 5.88. The third-order valence-electron chi connectivity index (χ3n) is 3.94. The summed E-state index contributed by atoms with van der Waals surface area (Å²) in [6, 6.07) is 9.00. The van der Waals surface area contributed by atoms with Gasteiger partial charge in [0.05, 0.1) is 18.3 Å². The number of aliphatic hydroxyl groups excluding tert-OH is 1. The summed E-state index contributed by atoms with van der Waals surface area (Å²) in [5.41, 5.74) is 2.92. The first-order valence-electron chi connectivity index (χ1n) is 7.81. The van der Waals surface area contributed by atoms with Gasteiger partial charge in [0.2, 0.25) is 0 Å². The number of hydrogen-bond donors (Lipinski definition) is 4. The van der Waals surface area contributed by atoms with Crippen LogP contribution in [-0.2, 0) is 13.5 Å². The van der Waals surface area contributed by atoms with E-state index >= 15 is 0 Å². The van der Waals surface area contributed by atoms with Crippen molar-refractivity contribution in [2.24, 2.45) is 7.05 Å². The van der Waals surface area contributed by atoms with E-state index < -0.39 is 0 Å². The van der Waals surface area contributed by atoms with E-state index in [1.54, 1.807) is 17.8 Å². The van der Waals surface area contributed by atoms with Crippen molar-refractivity contribution in [2.45, 2.75) is 19.4 Å². The second kappa shape index (κ2) is 6.76. The minimum absolute atomic E-state index is 0.142. The van der Waals surface area contributed by atoms with Crippen molar-refractivity contribution in [3.05, 3.63) is 47.8 Å². The van der Waals surface area contributed by atoms with Crippen molar-refractivity contribution in [3.8, 4) is 0 Å². The van der Waals surface area contributed by atoms with Crippen molar-refractivity contribution in [1.82, 2.24) is 20.1 Å². The Balaban J connectivity index is 1.66. The SMILES string of the molecule is Cc1cc(NC(=O)NC(CO)Cc2c[nH]c3ccccc23)n(C)n1. The summed E-state index contributed by atoms with van der Waals surface area (Å²) in [6.07, 6.45) is 2.45. The Hall–Kier alpha value is -2.80. The van der Waals surface area contributed by atoms with Crippen LogP contribution in [0.3, 0.4) is 0 Å². The summed E-state index contributed by atoms with van der Waals surface area (Å²) in [6.45, 7) is 1.72. The van der Waals surface area contributed by atoms with Crippen molar-refractivity contribution >= 4 is 22.8 Å². The molecule has 7 nitrogen and oxygen atoms in total. The molecule has 1 unspecified atom stereocenters. The first kappa shape index (κ1) is 16.1. The molecule has 24 heavy (non-hydrogen) atoms. The number of rotatable bonds is 5. The monoisotopic (exact) mass is 327 g/mol. The number of benzene rings is 1. The lowest BCUT2D eigenvalue weighted by molar-refractivity contribution is 0.224. The topological polar surface area (TPSA) is 95.0 Å². The number of hydrogen-bond acceptors (Lipinski definition) is 3. The number of para-hydroxylation sites is 1. The molecule has 0 aliphatic carbocycles. The highest BCUT2D eigenvalue weighted by Crippen LogP contribution is 2.19. The molecule has 2 heterocycles. The smallest absolute Gasteiger partial charge is 0.320 e. The van der Waals surface area contributed by atoms with Gasteiger partial charge in [-0.25, -0.2) is 4.79 Å². The molecule has 2 amide bonds. The van der Waals surface area contributed by atoms with Crippen molar-refractivity contribution < 1.29 is 9.90 Å². The molecule has 3 aromatic rings. The first-order valence-corrected chi connectivity index (χ1v) is 7.81. The first-order chi connectivity index (χ1) is 11.6. The fourth-order valence-electron chi connectivity index (χ4n) is 2.79. The molecule has 1 atom stereocenters. The molecule has 0 saturated heterocycles. The number of nitrogens with zero attached hydrogens (tertiary/aromatic N) is 2. The van der Waals surface area contributed by atoms with Crippen LogP contribution in [0.1, 0.15) is 11.3 Å². The van der Waals surface area contributed by atoms with Crippen LogP contribution in [0.4, 0.5) is 10.6 Å². The third kappa shape index (κ3) is 3.41. The fourth-order valence-corrected chi connectivity index (χ4v) is 2.79. The van der Waals surface area contributed by atoms with E-state index in [-0.39, 0.29) is 18.7 Å². The van der Waals surface area contributed by atoms with Crippen LogP contribution in [0.25, 0.3) is 10.9 Å². The maximum atomic E-state index is 12.2. The van der Waals surface area contributed by atoms with Gasteiger partial charge in [-0.15, -0.1) is 0 Å².